The molecular weight excluding hydrogens is 260 g/mol. The van der Waals surface area contributed by atoms with E-state index >= 15 is 0 Å². The average molecular weight is 280 g/mol. The molecule has 5 nitrogen and oxygen atoms in total. The Morgan fingerprint density at radius 1 is 1.15 bits per heavy atom. The van der Waals surface area contributed by atoms with Crippen molar-refractivity contribution in [3.05, 3.63) is 29.8 Å². The van der Waals surface area contributed by atoms with Gasteiger partial charge in [0, 0.05) is 0 Å². The van der Waals surface area contributed by atoms with Crippen LogP contribution < -0.4 is 4.74 Å². The van der Waals surface area contributed by atoms with Crippen LogP contribution in [0.1, 0.15) is 49.4 Å². The van der Waals surface area contributed by atoms with Gasteiger partial charge in [-0.15, -0.1) is 0 Å². The Morgan fingerprint density at radius 3 is 2.45 bits per heavy atom. The zero-order valence-electron chi connectivity index (χ0n) is 11.5. The van der Waals surface area contributed by atoms with Gasteiger partial charge in [-0.25, -0.2) is 9.59 Å². The predicted octanol–water partition coefficient (Wildman–Crippen LogP) is 3.19. The maximum atomic E-state index is 11.2. The van der Waals surface area contributed by atoms with E-state index in [0.717, 1.165) is 25.7 Å². The summed E-state index contributed by atoms with van der Waals surface area (Å²) in [7, 11) is 0. The molecule has 0 radical (unpaired) electrons. The van der Waals surface area contributed by atoms with Gasteiger partial charge in [0.05, 0.1) is 0 Å². The standard InChI is InChI=1S/C15H20O5/c1-2-3-4-5-10-13(15(18)19)20-12-9-7-6-8-11(12)14(16)17/h6-9,13H,2-5,10H2,1H3,(H,16,17)(H,18,19). The molecule has 0 aliphatic rings. The molecule has 0 heterocycles. The fourth-order valence-electron chi connectivity index (χ4n) is 1.89. The summed E-state index contributed by atoms with van der Waals surface area (Å²) in [5.41, 5.74) is -0.0210. The molecule has 0 spiro atoms. The highest BCUT2D eigenvalue weighted by Gasteiger charge is 2.21. The SMILES string of the molecule is CCCCCCC(Oc1ccccc1C(=O)O)C(=O)O. The van der Waals surface area contributed by atoms with Gasteiger partial charge in [0.1, 0.15) is 11.3 Å². The Labute approximate surface area is 118 Å². The van der Waals surface area contributed by atoms with Crippen molar-refractivity contribution in [1.82, 2.24) is 0 Å². The van der Waals surface area contributed by atoms with Crippen molar-refractivity contribution in [2.24, 2.45) is 0 Å². The van der Waals surface area contributed by atoms with Gasteiger partial charge in [0.2, 0.25) is 0 Å². The first-order valence-corrected chi connectivity index (χ1v) is 6.78. The molecule has 0 aromatic heterocycles. The van der Waals surface area contributed by atoms with Crippen LogP contribution in [-0.2, 0) is 4.79 Å². The van der Waals surface area contributed by atoms with E-state index in [-0.39, 0.29) is 11.3 Å². The Kier molecular flexibility index (Phi) is 6.56. The average Bonchev–Trinajstić information content (AvgIpc) is 2.42. The smallest absolute Gasteiger partial charge is 0.344 e. The maximum Gasteiger partial charge on any atom is 0.344 e. The molecular formula is C15H20O5. The largest absolute Gasteiger partial charge is 0.479 e. The van der Waals surface area contributed by atoms with E-state index in [0.29, 0.717) is 6.42 Å². The van der Waals surface area contributed by atoms with E-state index in [2.05, 4.69) is 6.92 Å². The van der Waals surface area contributed by atoms with Crippen LogP contribution in [0.15, 0.2) is 24.3 Å². The number of benzene rings is 1. The summed E-state index contributed by atoms with van der Waals surface area (Å²) in [4.78, 5) is 22.2. The molecule has 0 saturated carbocycles. The van der Waals surface area contributed by atoms with Gasteiger partial charge in [-0.2, -0.15) is 0 Å². The van der Waals surface area contributed by atoms with Gasteiger partial charge >= 0.3 is 11.9 Å². The molecule has 0 aliphatic carbocycles. The molecule has 0 aliphatic heterocycles. The molecule has 1 rings (SSSR count). The van der Waals surface area contributed by atoms with Crippen molar-refractivity contribution in [2.45, 2.75) is 45.1 Å². The van der Waals surface area contributed by atoms with Gasteiger partial charge in [0.25, 0.3) is 0 Å². The van der Waals surface area contributed by atoms with E-state index in [1.165, 1.54) is 12.1 Å². The molecule has 20 heavy (non-hydrogen) atoms. The van der Waals surface area contributed by atoms with Crippen molar-refractivity contribution in [3.63, 3.8) is 0 Å². The minimum Gasteiger partial charge on any atom is -0.479 e. The van der Waals surface area contributed by atoms with Gasteiger partial charge < -0.3 is 14.9 Å². The normalized spacial score (nSPS) is 11.8. The number of carboxylic acid groups (broad SMARTS) is 2. The number of hydrogen-bond acceptors (Lipinski definition) is 3. The molecule has 5 heteroatoms. The molecule has 2 N–H and O–H groups in total. The van der Waals surface area contributed by atoms with Crippen molar-refractivity contribution in [1.29, 1.82) is 0 Å². The summed E-state index contributed by atoms with van der Waals surface area (Å²) < 4.78 is 5.37. The molecule has 1 aromatic rings. The fourth-order valence-corrected chi connectivity index (χ4v) is 1.89. The number of hydrogen-bond donors (Lipinski definition) is 2. The summed E-state index contributed by atoms with van der Waals surface area (Å²) in [5, 5.41) is 18.2. The van der Waals surface area contributed by atoms with Crippen LogP contribution in [0.3, 0.4) is 0 Å². The van der Waals surface area contributed by atoms with Crippen LogP contribution in [-0.4, -0.2) is 28.3 Å². The number of unbranched alkanes of at least 4 members (excludes halogenated alkanes) is 3. The quantitative estimate of drug-likeness (QED) is 0.679. The minimum atomic E-state index is -1.13. The first-order valence-electron chi connectivity index (χ1n) is 6.78. The molecule has 110 valence electrons. The van der Waals surface area contributed by atoms with Crippen LogP contribution in [0.4, 0.5) is 0 Å². The van der Waals surface area contributed by atoms with E-state index < -0.39 is 18.0 Å². The second kappa shape index (κ2) is 8.19. The Morgan fingerprint density at radius 2 is 1.85 bits per heavy atom. The third kappa shape index (κ3) is 4.91. The number of aromatic carboxylic acids is 1. The third-order valence-electron chi connectivity index (χ3n) is 2.98. The van der Waals surface area contributed by atoms with Crippen molar-refractivity contribution >= 4 is 11.9 Å². The Balaban J connectivity index is 2.70. The highest BCUT2D eigenvalue weighted by Crippen LogP contribution is 2.21. The number of para-hydroxylation sites is 1. The molecule has 0 fully saturated rings. The Bertz CT molecular complexity index is 455. The van der Waals surface area contributed by atoms with Gasteiger partial charge in [-0.05, 0) is 25.0 Å². The zero-order chi connectivity index (χ0) is 15.0. The van der Waals surface area contributed by atoms with Crippen molar-refractivity contribution in [3.8, 4) is 5.75 Å². The molecule has 1 aromatic carbocycles. The lowest BCUT2D eigenvalue weighted by atomic mass is 10.1. The molecule has 0 saturated heterocycles. The van der Waals surface area contributed by atoms with Crippen LogP contribution in [0.25, 0.3) is 0 Å². The van der Waals surface area contributed by atoms with Gasteiger partial charge in [-0.3, -0.25) is 0 Å². The van der Waals surface area contributed by atoms with Gasteiger partial charge in [-0.1, -0.05) is 38.3 Å². The first-order chi connectivity index (χ1) is 9.56. The van der Waals surface area contributed by atoms with Crippen LogP contribution in [0.5, 0.6) is 5.75 Å². The molecule has 1 atom stereocenters. The summed E-state index contributed by atoms with van der Waals surface area (Å²) >= 11 is 0. The predicted molar refractivity (Wildman–Crippen MR) is 74.2 cm³/mol. The number of carbonyl (C=O) groups is 2. The van der Waals surface area contributed by atoms with E-state index in [9.17, 15) is 9.59 Å². The van der Waals surface area contributed by atoms with Crippen LogP contribution in [0, 0.1) is 0 Å². The first kappa shape index (κ1) is 16.0. The zero-order valence-corrected chi connectivity index (χ0v) is 11.5. The molecule has 0 bridgehead atoms. The fraction of sp³-hybridized carbons (Fsp3) is 0.467. The second-order valence-corrected chi connectivity index (χ2v) is 4.60. The summed E-state index contributed by atoms with van der Waals surface area (Å²) in [5.74, 6) is -2.10. The van der Waals surface area contributed by atoms with Crippen molar-refractivity contribution < 1.29 is 24.5 Å². The highest BCUT2D eigenvalue weighted by atomic mass is 16.5. The summed E-state index contributed by atoms with van der Waals surface area (Å²) in [6.45, 7) is 2.08. The lowest BCUT2D eigenvalue weighted by Crippen LogP contribution is -2.27. The number of rotatable bonds is 9. The minimum absolute atomic E-state index is 0.0210. The number of ether oxygens (including phenoxy) is 1. The second-order valence-electron chi connectivity index (χ2n) is 4.60. The highest BCUT2D eigenvalue weighted by molar-refractivity contribution is 5.91. The maximum absolute atomic E-state index is 11.2. The monoisotopic (exact) mass is 280 g/mol. The lowest BCUT2D eigenvalue weighted by Gasteiger charge is -2.16. The molecule has 0 amide bonds. The molecule has 1 unspecified atom stereocenters. The number of carboxylic acids is 2. The lowest BCUT2D eigenvalue weighted by molar-refractivity contribution is -0.145. The van der Waals surface area contributed by atoms with Crippen LogP contribution >= 0.6 is 0 Å². The van der Waals surface area contributed by atoms with Gasteiger partial charge in [0.15, 0.2) is 6.10 Å². The topological polar surface area (TPSA) is 83.8 Å². The van der Waals surface area contributed by atoms with Crippen molar-refractivity contribution in [2.75, 3.05) is 0 Å². The van der Waals surface area contributed by atoms with E-state index in [4.69, 9.17) is 14.9 Å². The third-order valence-corrected chi connectivity index (χ3v) is 2.98. The number of aliphatic carboxylic acids is 1. The van der Waals surface area contributed by atoms with E-state index in [1.54, 1.807) is 12.1 Å². The Hall–Kier alpha value is -2.04. The van der Waals surface area contributed by atoms with E-state index in [1.807, 2.05) is 0 Å². The summed E-state index contributed by atoms with van der Waals surface area (Å²) in [6.07, 6.45) is 3.19. The van der Waals surface area contributed by atoms with Crippen LogP contribution in [0.2, 0.25) is 0 Å². The summed E-state index contributed by atoms with van der Waals surface area (Å²) in [6, 6.07) is 6.07.